The molecule has 0 aliphatic carbocycles. The summed E-state index contributed by atoms with van der Waals surface area (Å²) in [6.45, 7) is 3.31. The van der Waals surface area contributed by atoms with E-state index in [0.29, 0.717) is 24.5 Å². The molecule has 3 nitrogen and oxygen atoms in total. The summed E-state index contributed by atoms with van der Waals surface area (Å²) in [6.07, 6.45) is 0.865. The lowest BCUT2D eigenvalue weighted by Crippen LogP contribution is -2.35. The average Bonchev–Trinajstić information content (AvgIpc) is 2.68. The zero-order valence-corrected chi connectivity index (χ0v) is 10.4. The standard InChI is InChI=1S/C12H15FN2OS/c1-12(4-5-16-7-12)15-10-3-2-8(11(14)17)6-9(10)13/h2-3,6,15H,4-5,7H2,1H3,(H2,14,17). The molecule has 1 aliphatic rings. The molecule has 3 N–H and O–H groups in total. The van der Waals surface area contributed by atoms with Crippen LogP contribution in [0.4, 0.5) is 10.1 Å². The number of ether oxygens (including phenoxy) is 1. The first kappa shape index (κ1) is 12.3. The van der Waals surface area contributed by atoms with E-state index < -0.39 is 0 Å². The van der Waals surface area contributed by atoms with E-state index in [4.69, 9.17) is 22.7 Å². The van der Waals surface area contributed by atoms with E-state index in [0.717, 1.165) is 6.42 Å². The van der Waals surface area contributed by atoms with E-state index in [1.165, 1.54) is 6.07 Å². The van der Waals surface area contributed by atoms with Gasteiger partial charge >= 0.3 is 0 Å². The maximum Gasteiger partial charge on any atom is 0.147 e. The Hall–Kier alpha value is -1.20. The third-order valence-electron chi connectivity index (χ3n) is 2.91. The molecule has 0 amide bonds. The minimum absolute atomic E-state index is 0.200. The number of thiocarbonyl (C=S) groups is 1. The lowest BCUT2D eigenvalue weighted by atomic mass is 10.0. The molecule has 1 aromatic rings. The molecule has 1 saturated heterocycles. The Kier molecular flexibility index (Phi) is 3.31. The molecule has 0 bridgehead atoms. The van der Waals surface area contributed by atoms with Gasteiger partial charge in [-0.05, 0) is 31.5 Å². The van der Waals surface area contributed by atoms with Gasteiger partial charge < -0.3 is 15.8 Å². The van der Waals surface area contributed by atoms with Gasteiger partial charge in [-0.1, -0.05) is 12.2 Å². The predicted molar refractivity (Wildman–Crippen MR) is 69.8 cm³/mol. The molecule has 1 heterocycles. The molecule has 1 aliphatic heterocycles. The van der Waals surface area contributed by atoms with E-state index in [1.807, 2.05) is 6.92 Å². The lowest BCUT2D eigenvalue weighted by Gasteiger charge is -2.25. The number of anilines is 1. The van der Waals surface area contributed by atoms with E-state index in [2.05, 4.69) is 5.32 Å². The van der Waals surface area contributed by atoms with Gasteiger partial charge in [0.25, 0.3) is 0 Å². The van der Waals surface area contributed by atoms with Crippen molar-refractivity contribution in [1.82, 2.24) is 0 Å². The van der Waals surface area contributed by atoms with Crippen molar-refractivity contribution in [2.45, 2.75) is 18.9 Å². The SMILES string of the molecule is CC1(Nc2ccc(C(N)=S)cc2F)CCOC1. The van der Waals surface area contributed by atoms with Crippen molar-refractivity contribution in [3.8, 4) is 0 Å². The molecule has 0 aromatic heterocycles. The van der Waals surface area contributed by atoms with Crippen molar-refractivity contribution < 1.29 is 9.13 Å². The summed E-state index contributed by atoms with van der Waals surface area (Å²) in [5.74, 6) is -0.344. The summed E-state index contributed by atoms with van der Waals surface area (Å²) in [5.41, 5.74) is 6.24. The van der Waals surface area contributed by atoms with E-state index >= 15 is 0 Å². The van der Waals surface area contributed by atoms with Gasteiger partial charge in [0.1, 0.15) is 10.8 Å². The molecule has 0 radical (unpaired) electrons. The minimum atomic E-state index is -0.344. The highest BCUT2D eigenvalue weighted by atomic mass is 32.1. The van der Waals surface area contributed by atoms with Crippen LogP contribution < -0.4 is 11.1 Å². The zero-order valence-electron chi connectivity index (χ0n) is 9.63. The summed E-state index contributed by atoms with van der Waals surface area (Å²) >= 11 is 4.80. The van der Waals surface area contributed by atoms with Crippen molar-refractivity contribution in [2.24, 2.45) is 5.73 Å². The van der Waals surface area contributed by atoms with Crippen molar-refractivity contribution in [1.29, 1.82) is 0 Å². The summed E-state index contributed by atoms with van der Waals surface area (Å²) in [6, 6.07) is 4.73. The minimum Gasteiger partial charge on any atom is -0.389 e. The third kappa shape index (κ3) is 2.73. The Morgan fingerprint density at radius 1 is 1.59 bits per heavy atom. The largest absolute Gasteiger partial charge is 0.389 e. The fourth-order valence-corrected chi connectivity index (χ4v) is 1.99. The number of hydrogen-bond acceptors (Lipinski definition) is 3. The molecule has 1 unspecified atom stereocenters. The van der Waals surface area contributed by atoms with Crippen LogP contribution in [-0.4, -0.2) is 23.7 Å². The number of benzene rings is 1. The van der Waals surface area contributed by atoms with Crippen molar-refractivity contribution in [2.75, 3.05) is 18.5 Å². The average molecular weight is 254 g/mol. The van der Waals surface area contributed by atoms with Crippen LogP contribution >= 0.6 is 12.2 Å². The van der Waals surface area contributed by atoms with Crippen LogP contribution in [0.3, 0.4) is 0 Å². The first-order valence-corrected chi connectivity index (χ1v) is 5.86. The second-order valence-corrected chi connectivity index (χ2v) is 4.99. The summed E-state index contributed by atoms with van der Waals surface area (Å²) in [7, 11) is 0. The fraction of sp³-hybridized carbons (Fsp3) is 0.417. The normalized spacial score (nSPS) is 23.6. The predicted octanol–water partition coefficient (Wildman–Crippen LogP) is 2.05. The van der Waals surface area contributed by atoms with Gasteiger partial charge in [-0.25, -0.2) is 4.39 Å². The van der Waals surface area contributed by atoms with Crippen LogP contribution in [0.2, 0.25) is 0 Å². The number of nitrogens with two attached hydrogens (primary N) is 1. The van der Waals surface area contributed by atoms with Gasteiger partial charge in [-0.3, -0.25) is 0 Å². The highest BCUT2D eigenvalue weighted by molar-refractivity contribution is 7.80. The number of hydrogen-bond donors (Lipinski definition) is 2. The molecule has 0 spiro atoms. The van der Waals surface area contributed by atoms with Crippen LogP contribution in [0, 0.1) is 5.82 Å². The van der Waals surface area contributed by atoms with Gasteiger partial charge in [0.05, 0.1) is 17.8 Å². The summed E-state index contributed by atoms with van der Waals surface area (Å²) in [4.78, 5) is 0.200. The summed E-state index contributed by atoms with van der Waals surface area (Å²) < 4.78 is 19.1. The Morgan fingerprint density at radius 3 is 2.88 bits per heavy atom. The van der Waals surface area contributed by atoms with Crippen LogP contribution in [0.5, 0.6) is 0 Å². The van der Waals surface area contributed by atoms with Crippen LogP contribution in [0.15, 0.2) is 18.2 Å². The fourth-order valence-electron chi connectivity index (χ4n) is 1.86. The van der Waals surface area contributed by atoms with Gasteiger partial charge in [0.15, 0.2) is 0 Å². The van der Waals surface area contributed by atoms with E-state index in [-0.39, 0.29) is 16.3 Å². The first-order valence-electron chi connectivity index (χ1n) is 5.45. The molecular weight excluding hydrogens is 239 g/mol. The zero-order chi connectivity index (χ0) is 12.5. The second-order valence-electron chi connectivity index (χ2n) is 4.55. The third-order valence-corrected chi connectivity index (χ3v) is 3.14. The highest BCUT2D eigenvalue weighted by Crippen LogP contribution is 2.26. The Bertz CT molecular complexity index is 444. The molecule has 1 aromatic carbocycles. The number of halogens is 1. The highest BCUT2D eigenvalue weighted by Gasteiger charge is 2.30. The Morgan fingerprint density at radius 2 is 2.35 bits per heavy atom. The van der Waals surface area contributed by atoms with Gasteiger partial charge in [-0.15, -0.1) is 0 Å². The Labute approximate surface area is 105 Å². The maximum atomic E-state index is 13.8. The number of nitrogens with one attached hydrogen (secondary N) is 1. The molecule has 17 heavy (non-hydrogen) atoms. The molecule has 1 atom stereocenters. The molecule has 1 fully saturated rings. The quantitative estimate of drug-likeness (QED) is 0.810. The Balaban J connectivity index is 2.19. The molecular formula is C12H15FN2OS. The maximum absolute atomic E-state index is 13.8. The van der Waals surface area contributed by atoms with Crippen LogP contribution in [0.25, 0.3) is 0 Å². The molecule has 5 heteroatoms. The summed E-state index contributed by atoms with van der Waals surface area (Å²) in [5, 5.41) is 3.17. The topological polar surface area (TPSA) is 47.3 Å². The van der Waals surface area contributed by atoms with Crippen molar-refractivity contribution in [3.05, 3.63) is 29.6 Å². The molecule has 0 saturated carbocycles. The monoisotopic (exact) mass is 254 g/mol. The smallest absolute Gasteiger partial charge is 0.147 e. The van der Waals surface area contributed by atoms with Gasteiger partial charge in [0, 0.05) is 12.2 Å². The lowest BCUT2D eigenvalue weighted by molar-refractivity contribution is 0.185. The van der Waals surface area contributed by atoms with Crippen LogP contribution in [0.1, 0.15) is 18.9 Å². The number of rotatable bonds is 3. The van der Waals surface area contributed by atoms with E-state index in [1.54, 1.807) is 12.1 Å². The van der Waals surface area contributed by atoms with Crippen LogP contribution in [-0.2, 0) is 4.74 Å². The van der Waals surface area contributed by atoms with Gasteiger partial charge in [-0.2, -0.15) is 0 Å². The van der Waals surface area contributed by atoms with E-state index in [9.17, 15) is 4.39 Å². The second kappa shape index (κ2) is 4.58. The molecule has 92 valence electrons. The molecule has 2 rings (SSSR count). The van der Waals surface area contributed by atoms with Gasteiger partial charge in [0.2, 0.25) is 0 Å². The van der Waals surface area contributed by atoms with Crippen molar-refractivity contribution >= 4 is 22.9 Å². The first-order chi connectivity index (χ1) is 8.00. The van der Waals surface area contributed by atoms with Crippen molar-refractivity contribution in [3.63, 3.8) is 0 Å².